The molecule has 0 saturated heterocycles. The van der Waals surface area contributed by atoms with Gasteiger partial charge in [0.05, 0.1) is 4.90 Å². The van der Waals surface area contributed by atoms with Crippen LogP contribution >= 0.6 is 0 Å². The summed E-state index contributed by atoms with van der Waals surface area (Å²) in [6, 6.07) is 4.32. The highest BCUT2D eigenvalue weighted by Crippen LogP contribution is 2.30. The molecule has 2 rings (SSSR count). The van der Waals surface area contributed by atoms with Crippen molar-refractivity contribution in [3.63, 3.8) is 0 Å². The van der Waals surface area contributed by atoms with Crippen LogP contribution < -0.4 is 15.6 Å². The number of amides is 2. The number of hydrazine groups is 1. The van der Waals surface area contributed by atoms with E-state index in [2.05, 4.69) is 0 Å². The van der Waals surface area contributed by atoms with Crippen LogP contribution in [0.15, 0.2) is 35.2 Å². The van der Waals surface area contributed by atoms with Crippen LogP contribution in [0.25, 0.3) is 0 Å². The van der Waals surface area contributed by atoms with Crippen LogP contribution in [-0.4, -0.2) is 14.4 Å². The minimum atomic E-state index is -4.62. The van der Waals surface area contributed by atoms with Gasteiger partial charge in [0.15, 0.2) is 23.3 Å². The van der Waals surface area contributed by atoms with Crippen LogP contribution in [-0.2, 0) is 10.0 Å². The average molecular weight is 381 g/mol. The van der Waals surface area contributed by atoms with Gasteiger partial charge in [-0.2, -0.15) is 0 Å². The number of rotatable bonds is 4. The number of nitrogens with zero attached hydrogens (tertiary/aromatic N) is 1. The van der Waals surface area contributed by atoms with E-state index in [1.165, 1.54) is 23.0 Å². The number of benzene rings is 2. The number of anilines is 1. The lowest BCUT2D eigenvalue weighted by Gasteiger charge is -2.22. The van der Waals surface area contributed by atoms with E-state index in [1.807, 2.05) is 0 Å². The molecule has 2 aromatic carbocycles. The number of nitrogens with two attached hydrogens (primary N) is 1. The Morgan fingerprint density at radius 3 is 1.76 bits per heavy atom. The average Bonchev–Trinajstić information content (AvgIpc) is 2.58. The van der Waals surface area contributed by atoms with Gasteiger partial charge in [-0.25, -0.2) is 40.2 Å². The topological polar surface area (TPSA) is 92.5 Å². The van der Waals surface area contributed by atoms with Crippen molar-refractivity contribution < 1.29 is 35.2 Å². The standard InChI is InChI=1S/C13H8F5N3O3S/c14-7-8(15)10(17)12(11(18)9(7)16)21(13(19)22)20-25(23,24)6-4-2-1-3-5-6/h1-5,20H,(H2,19,22). The van der Waals surface area contributed by atoms with E-state index in [0.29, 0.717) is 0 Å². The van der Waals surface area contributed by atoms with Crippen LogP contribution in [0.1, 0.15) is 0 Å². The number of sulfonamides is 1. The molecule has 0 atom stereocenters. The number of carbonyl (C=O) groups is 1. The minimum absolute atomic E-state index is 0.454. The molecule has 2 aromatic rings. The van der Waals surface area contributed by atoms with Crippen LogP contribution in [0.4, 0.5) is 32.4 Å². The molecule has 0 aromatic heterocycles. The van der Waals surface area contributed by atoms with E-state index in [1.54, 1.807) is 0 Å². The summed E-state index contributed by atoms with van der Waals surface area (Å²) in [6.07, 6.45) is 0. The third-order valence-corrected chi connectivity index (χ3v) is 4.21. The Morgan fingerprint density at radius 1 is 0.880 bits per heavy atom. The Labute approximate surface area is 137 Å². The zero-order valence-corrected chi connectivity index (χ0v) is 12.8. The number of hydrogen-bond acceptors (Lipinski definition) is 3. The molecule has 0 aliphatic carbocycles. The van der Waals surface area contributed by atoms with Crippen molar-refractivity contribution in [1.29, 1.82) is 0 Å². The second kappa shape index (κ2) is 6.64. The van der Waals surface area contributed by atoms with Crippen molar-refractivity contribution in [3.05, 3.63) is 59.4 Å². The molecular weight excluding hydrogens is 373 g/mol. The Morgan fingerprint density at radius 2 is 1.32 bits per heavy atom. The maximum atomic E-state index is 13.8. The maximum absolute atomic E-state index is 13.8. The van der Waals surface area contributed by atoms with Crippen molar-refractivity contribution in [3.8, 4) is 0 Å². The molecular formula is C13H8F5N3O3S. The van der Waals surface area contributed by atoms with Crippen LogP contribution in [0.2, 0.25) is 0 Å². The number of carbonyl (C=O) groups excluding carboxylic acids is 1. The van der Waals surface area contributed by atoms with Crippen molar-refractivity contribution in [2.24, 2.45) is 5.73 Å². The Kier molecular flexibility index (Phi) is 4.94. The fraction of sp³-hybridized carbons (Fsp3) is 0. The van der Waals surface area contributed by atoms with E-state index in [-0.39, 0.29) is 0 Å². The van der Waals surface area contributed by atoms with Crippen molar-refractivity contribution in [2.75, 3.05) is 5.01 Å². The van der Waals surface area contributed by atoms with Crippen LogP contribution in [0, 0.1) is 29.1 Å². The lowest BCUT2D eigenvalue weighted by Crippen LogP contribution is -2.50. The van der Waals surface area contributed by atoms with E-state index < -0.39 is 60.7 Å². The molecule has 0 unspecified atom stereocenters. The third kappa shape index (κ3) is 3.39. The zero-order chi connectivity index (χ0) is 18.9. The first-order valence-corrected chi connectivity index (χ1v) is 7.74. The monoisotopic (exact) mass is 381 g/mol. The van der Waals surface area contributed by atoms with Gasteiger partial charge in [0.25, 0.3) is 10.0 Å². The van der Waals surface area contributed by atoms with Gasteiger partial charge in [-0.1, -0.05) is 18.2 Å². The lowest BCUT2D eigenvalue weighted by molar-refractivity contribution is 0.252. The summed E-state index contributed by atoms with van der Waals surface area (Å²) in [5.41, 5.74) is 2.96. The van der Waals surface area contributed by atoms with Gasteiger partial charge >= 0.3 is 6.03 Å². The lowest BCUT2D eigenvalue weighted by atomic mass is 10.2. The summed E-state index contributed by atoms with van der Waals surface area (Å²) in [4.78, 5) is 12.3. The second-order valence-corrected chi connectivity index (χ2v) is 6.16. The number of hydrogen-bond donors (Lipinski definition) is 2. The Bertz CT molecular complexity index is 909. The van der Waals surface area contributed by atoms with E-state index >= 15 is 0 Å². The Hall–Kier alpha value is -2.73. The summed E-state index contributed by atoms with van der Waals surface area (Å²) in [7, 11) is -4.62. The zero-order valence-electron chi connectivity index (χ0n) is 11.9. The highest BCUT2D eigenvalue weighted by Gasteiger charge is 2.33. The molecule has 0 bridgehead atoms. The Balaban J connectivity index is 2.60. The fourth-order valence-corrected chi connectivity index (χ4v) is 2.81. The first-order chi connectivity index (χ1) is 11.6. The van der Waals surface area contributed by atoms with Gasteiger partial charge in [-0.3, -0.25) is 0 Å². The van der Waals surface area contributed by atoms with E-state index in [4.69, 9.17) is 5.73 Å². The molecule has 25 heavy (non-hydrogen) atoms. The number of nitrogens with one attached hydrogen (secondary N) is 1. The molecule has 0 radical (unpaired) electrons. The molecule has 0 heterocycles. The van der Waals surface area contributed by atoms with Gasteiger partial charge < -0.3 is 5.73 Å². The van der Waals surface area contributed by atoms with Crippen molar-refractivity contribution >= 4 is 21.7 Å². The molecule has 0 saturated carbocycles. The van der Waals surface area contributed by atoms with Crippen molar-refractivity contribution in [2.45, 2.75) is 4.90 Å². The van der Waals surface area contributed by atoms with Gasteiger partial charge in [0.1, 0.15) is 5.69 Å². The van der Waals surface area contributed by atoms with Crippen LogP contribution in [0.3, 0.4) is 0 Å². The van der Waals surface area contributed by atoms with Gasteiger partial charge in [-0.15, -0.1) is 4.83 Å². The summed E-state index contributed by atoms with van der Waals surface area (Å²) in [6.45, 7) is 0. The predicted molar refractivity (Wildman–Crippen MR) is 75.1 cm³/mol. The summed E-state index contributed by atoms with van der Waals surface area (Å²) >= 11 is 0. The highest BCUT2D eigenvalue weighted by molar-refractivity contribution is 7.89. The molecule has 12 heteroatoms. The molecule has 0 spiro atoms. The summed E-state index contributed by atoms with van der Waals surface area (Å²) in [5.74, 6) is -12.1. The number of halogens is 5. The fourth-order valence-electron chi connectivity index (χ4n) is 1.76. The molecule has 0 aliphatic heterocycles. The summed E-state index contributed by atoms with van der Waals surface area (Å²) in [5, 5.41) is -0.487. The first kappa shape index (κ1) is 18.6. The van der Waals surface area contributed by atoms with E-state index in [9.17, 15) is 35.2 Å². The van der Waals surface area contributed by atoms with Gasteiger partial charge in [-0.05, 0) is 12.1 Å². The first-order valence-electron chi connectivity index (χ1n) is 6.26. The SMILES string of the molecule is NC(=O)N(NS(=O)(=O)c1ccccc1)c1c(F)c(F)c(F)c(F)c1F. The van der Waals surface area contributed by atoms with Crippen molar-refractivity contribution in [1.82, 2.24) is 4.83 Å². The molecule has 0 aliphatic rings. The van der Waals surface area contributed by atoms with E-state index in [0.717, 1.165) is 12.1 Å². The highest BCUT2D eigenvalue weighted by atomic mass is 32.2. The maximum Gasteiger partial charge on any atom is 0.334 e. The van der Waals surface area contributed by atoms with Gasteiger partial charge in [0.2, 0.25) is 5.82 Å². The van der Waals surface area contributed by atoms with Crippen LogP contribution in [0.5, 0.6) is 0 Å². The molecule has 0 fully saturated rings. The predicted octanol–water partition coefficient (Wildman–Crippen LogP) is 2.16. The number of urea groups is 1. The number of primary amides is 1. The third-order valence-electron chi connectivity index (χ3n) is 2.90. The summed E-state index contributed by atoms with van der Waals surface area (Å²) < 4.78 is 91.4. The smallest absolute Gasteiger partial charge is 0.334 e. The molecule has 134 valence electrons. The normalized spacial score (nSPS) is 11.4. The minimum Gasteiger partial charge on any atom is -0.350 e. The molecule has 3 N–H and O–H groups in total. The van der Waals surface area contributed by atoms with Gasteiger partial charge in [0, 0.05) is 0 Å². The molecule has 6 nitrogen and oxygen atoms in total. The largest absolute Gasteiger partial charge is 0.350 e. The quantitative estimate of drug-likeness (QED) is 0.368. The second-order valence-electron chi connectivity index (χ2n) is 4.50. The molecule has 2 amide bonds.